The Hall–Kier alpha value is -1.17. The Morgan fingerprint density at radius 1 is 1.31 bits per heavy atom. The van der Waals surface area contributed by atoms with Crippen molar-refractivity contribution in [2.45, 2.75) is 6.36 Å². The molecule has 1 aromatic rings. The molecule has 0 amide bonds. The summed E-state index contributed by atoms with van der Waals surface area (Å²) < 4.78 is 38.1. The molecule has 7 heteroatoms. The molecule has 13 heavy (non-hydrogen) atoms. The second-order valence-electron chi connectivity index (χ2n) is 1.98. The molecule has 0 atom stereocenters. The van der Waals surface area contributed by atoms with Crippen molar-refractivity contribution in [2.24, 2.45) is 0 Å². The van der Waals surface area contributed by atoms with Crippen molar-refractivity contribution < 1.29 is 17.9 Å². The first-order valence-electron chi connectivity index (χ1n) is 2.95. The number of nitrogen functional groups attached to an aromatic ring is 1. The maximum atomic E-state index is 11.5. The molecule has 0 aliphatic heterocycles. The highest BCUT2D eigenvalue weighted by Crippen LogP contribution is 2.20. The van der Waals surface area contributed by atoms with Gasteiger partial charge in [-0.05, 0) is 6.07 Å². The summed E-state index contributed by atoms with van der Waals surface area (Å²) in [6.45, 7) is 0. The van der Waals surface area contributed by atoms with Gasteiger partial charge in [-0.1, -0.05) is 0 Å². The molecule has 0 unspecified atom stereocenters. The van der Waals surface area contributed by atoms with E-state index < -0.39 is 12.2 Å². The normalized spacial score (nSPS) is 10.4. The molecular formula is C6H6ClF3N2O. The Morgan fingerprint density at radius 3 is 2.31 bits per heavy atom. The van der Waals surface area contributed by atoms with E-state index in [2.05, 4.69) is 9.72 Å². The summed E-state index contributed by atoms with van der Waals surface area (Å²) in [6, 6.07) is 2.32. The number of halogens is 4. The van der Waals surface area contributed by atoms with Crippen LogP contribution in [0.5, 0.6) is 5.88 Å². The molecule has 0 aliphatic rings. The van der Waals surface area contributed by atoms with Crippen LogP contribution < -0.4 is 10.5 Å². The largest absolute Gasteiger partial charge is 0.574 e. The fraction of sp³-hybridized carbons (Fsp3) is 0.167. The van der Waals surface area contributed by atoms with Gasteiger partial charge >= 0.3 is 6.36 Å². The monoisotopic (exact) mass is 214 g/mol. The van der Waals surface area contributed by atoms with Crippen molar-refractivity contribution in [1.82, 2.24) is 4.98 Å². The first kappa shape index (κ1) is 11.8. The van der Waals surface area contributed by atoms with E-state index in [0.717, 1.165) is 12.3 Å². The lowest BCUT2D eigenvalue weighted by Gasteiger charge is -2.06. The third-order valence-corrected chi connectivity index (χ3v) is 0.980. The summed E-state index contributed by atoms with van der Waals surface area (Å²) in [5.74, 6) is -0.517. The van der Waals surface area contributed by atoms with Gasteiger partial charge in [0.15, 0.2) is 0 Å². The van der Waals surface area contributed by atoms with E-state index in [-0.39, 0.29) is 18.1 Å². The van der Waals surface area contributed by atoms with Crippen LogP contribution in [0, 0.1) is 0 Å². The predicted molar refractivity (Wildman–Crippen MR) is 42.6 cm³/mol. The molecule has 0 aromatic carbocycles. The van der Waals surface area contributed by atoms with Crippen LogP contribution >= 0.6 is 12.4 Å². The topological polar surface area (TPSA) is 48.1 Å². The molecule has 0 spiro atoms. The Labute approximate surface area is 78.1 Å². The first-order chi connectivity index (χ1) is 5.47. The number of rotatable bonds is 1. The standard InChI is InChI=1S/C6H5F3N2O.ClH/c7-6(8,9)12-5-2-1-4(10)3-11-5;/h1-3H,10H2;1H. The highest BCUT2D eigenvalue weighted by atomic mass is 35.5. The average Bonchev–Trinajstić information content (AvgIpc) is 1.91. The molecule has 1 aromatic heterocycles. The zero-order chi connectivity index (χ0) is 9.19. The van der Waals surface area contributed by atoms with Crippen molar-refractivity contribution in [3.8, 4) is 5.88 Å². The molecule has 0 fully saturated rings. The first-order valence-corrected chi connectivity index (χ1v) is 2.95. The Kier molecular flexibility index (Phi) is 3.80. The van der Waals surface area contributed by atoms with E-state index in [0.29, 0.717) is 0 Å². The van der Waals surface area contributed by atoms with Gasteiger partial charge in [-0.2, -0.15) is 0 Å². The van der Waals surface area contributed by atoms with Gasteiger partial charge in [-0.25, -0.2) is 4.98 Å². The molecular weight excluding hydrogens is 209 g/mol. The van der Waals surface area contributed by atoms with Crippen LogP contribution in [0.25, 0.3) is 0 Å². The Morgan fingerprint density at radius 2 is 1.92 bits per heavy atom. The van der Waals surface area contributed by atoms with Gasteiger partial charge in [0.05, 0.1) is 11.9 Å². The zero-order valence-electron chi connectivity index (χ0n) is 6.21. The van der Waals surface area contributed by atoms with Gasteiger partial charge < -0.3 is 10.5 Å². The number of pyridine rings is 1. The number of hydrogen-bond acceptors (Lipinski definition) is 3. The average molecular weight is 215 g/mol. The number of hydrogen-bond donors (Lipinski definition) is 1. The van der Waals surface area contributed by atoms with E-state index in [1.165, 1.54) is 6.07 Å². The molecule has 0 aliphatic carbocycles. The van der Waals surface area contributed by atoms with Crippen molar-refractivity contribution in [3.05, 3.63) is 18.3 Å². The summed E-state index contributed by atoms with van der Waals surface area (Å²) in [5, 5.41) is 0. The second-order valence-corrected chi connectivity index (χ2v) is 1.98. The van der Waals surface area contributed by atoms with Gasteiger partial charge in [0.1, 0.15) is 0 Å². The SMILES string of the molecule is Cl.Nc1ccc(OC(F)(F)F)nc1. The van der Waals surface area contributed by atoms with Crippen LogP contribution in [0.4, 0.5) is 18.9 Å². The van der Waals surface area contributed by atoms with Crippen molar-refractivity contribution in [3.63, 3.8) is 0 Å². The highest BCUT2D eigenvalue weighted by molar-refractivity contribution is 5.85. The van der Waals surface area contributed by atoms with Gasteiger partial charge in [0.25, 0.3) is 0 Å². The summed E-state index contributed by atoms with van der Waals surface area (Å²) >= 11 is 0. The summed E-state index contributed by atoms with van der Waals surface area (Å²) in [7, 11) is 0. The lowest BCUT2D eigenvalue weighted by atomic mass is 10.4. The van der Waals surface area contributed by atoms with Crippen LogP contribution in [0.2, 0.25) is 0 Å². The molecule has 2 N–H and O–H groups in total. The van der Waals surface area contributed by atoms with Crippen molar-refractivity contribution in [1.29, 1.82) is 0 Å². The number of aromatic nitrogens is 1. The minimum atomic E-state index is -4.71. The number of ether oxygens (including phenoxy) is 1. The van der Waals surface area contributed by atoms with Crippen molar-refractivity contribution >= 4 is 18.1 Å². The second kappa shape index (κ2) is 4.18. The van der Waals surface area contributed by atoms with Crippen LogP contribution in [-0.4, -0.2) is 11.3 Å². The molecule has 0 saturated carbocycles. The third kappa shape index (κ3) is 4.41. The maximum absolute atomic E-state index is 11.5. The van der Waals surface area contributed by atoms with Gasteiger partial charge in [-0.3, -0.25) is 0 Å². The molecule has 74 valence electrons. The third-order valence-electron chi connectivity index (χ3n) is 0.980. The van der Waals surface area contributed by atoms with E-state index in [1.54, 1.807) is 0 Å². The molecule has 0 radical (unpaired) electrons. The molecule has 0 saturated heterocycles. The van der Waals surface area contributed by atoms with Crippen molar-refractivity contribution in [2.75, 3.05) is 5.73 Å². The minimum absolute atomic E-state index is 0. The van der Waals surface area contributed by atoms with E-state index in [4.69, 9.17) is 5.73 Å². The Balaban J connectivity index is 0.00000144. The fourth-order valence-electron chi connectivity index (χ4n) is 0.571. The van der Waals surface area contributed by atoms with E-state index in [1.807, 2.05) is 0 Å². The molecule has 3 nitrogen and oxygen atoms in total. The number of nitrogens with two attached hydrogens (primary N) is 1. The molecule has 1 rings (SSSR count). The number of anilines is 1. The van der Waals surface area contributed by atoms with Gasteiger partial charge in [-0.15, -0.1) is 25.6 Å². The van der Waals surface area contributed by atoms with Crippen LogP contribution in [0.3, 0.4) is 0 Å². The summed E-state index contributed by atoms with van der Waals surface area (Å²) in [5.41, 5.74) is 5.47. The zero-order valence-corrected chi connectivity index (χ0v) is 7.02. The van der Waals surface area contributed by atoms with E-state index >= 15 is 0 Å². The van der Waals surface area contributed by atoms with Crippen LogP contribution in [0.1, 0.15) is 0 Å². The summed E-state index contributed by atoms with van der Waals surface area (Å²) in [4.78, 5) is 3.30. The van der Waals surface area contributed by atoms with Gasteiger partial charge in [0, 0.05) is 6.07 Å². The van der Waals surface area contributed by atoms with E-state index in [9.17, 15) is 13.2 Å². The number of alkyl halides is 3. The highest BCUT2D eigenvalue weighted by Gasteiger charge is 2.31. The van der Waals surface area contributed by atoms with Crippen LogP contribution in [0.15, 0.2) is 18.3 Å². The van der Waals surface area contributed by atoms with Crippen LogP contribution in [-0.2, 0) is 0 Å². The summed E-state index contributed by atoms with van der Waals surface area (Å²) in [6.07, 6.45) is -3.62. The van der Waals surface area contributed by atoms with Gasteiger partial charge in [0.2, 0.25) is 5.88 Å². The maximum Gasteiger partial charge on any atom is 0.574 e. The molecule has 1 heterocycles. The predicted octanol–water partition coefficient (Wildman–Crippen LogP) is 1.98. The minimum Gasteiger partial charge on any atom is -0.397 e. The Bertz CT molecular complexity index is 262. The number of nitrogens with zero attached hydrogens (tertiary/aromatic N) is 1. The lowest BCUT2D eigenvalue weighted by molar-refractivity contribution is -0.276. The quantitative estimate of drug-likeness (QED) is 0.778. The fourth-order valence-corrected chi connectivity index (χ4v) is 0.571. The smallest absolute Gasteiger partial charge is 0.397 e. The lowest BCUT2D eigenvalue weighted by Crippen LogP contribution is -2.17. The molecule has 0 bridgehead atoms.